The van der Waals surface area contributed by atoms with Gasteiger partial charge in [0.1, 0.15) is 0 Å². The highest BCUT2D eigenvalue weighted by molar-refractivity contribution is 5.71. The Hall–Kier alpha value is -2.04. The number of aromatic amines is 1. The van der Waals surface area contributed by atoms with Crippen molar-refractivity contribution in [2.45, 2.75) is 0 Å². The van der Waals surface area contributed by atoms with Crippen LogP contribution in [0.4, 0.5) is 0 Å². The molecule has 0 aliphatic heterocycles. The summed E-state index contributed by atoms with van der Waals surface area (Å²) in [7, 11) is 0. The quantitative estimate of drug-likeness (QED) is 0.589. The fraction of sp³-hybridized carbons (Fsp3) is 0. The van der Waals surface area contributed by atoms with E-state index in [-0.39, 0.29) is 6.47 Å². The van der Waals surface area contributed by atoms with Crippen LogP contribution in [0.2, 0.25) is 0 Å². The van der Waals surface area contributed by atoms with E-state index in [4.69, 9.17) is 14.3 Å². The van der Waals surface area contributed by atoms with E-state index < -0.39 is 5.76 Å². The Balaban J connectivity index is 0.000000251. The highest BCUT2D eigenvalue weighted by atomic mass is 16.4. The van der Waals surface area contributed by atoms with E-state index in [9.17, 15) is 4.79 Å². The normalized spacial score (nSPS) is 8.92. The molecule has 5 heteroatoms. The minimum Gasteiger partial charge on any atom is -0.483 e. The molecule has 2 rings (SSSR count). The predicted octanol–water partition coefficient (Wildman–Crippen LogP) is 0.822. The molecule has 0 atom stereocenters. The Morgan fingerprint density at radius 1 is 1.38 bits per heavy atom. The summed E-state index contributed by atoms with van der Waals surface area (Å²) < 4.78 is 4.76. The molecule has 0 unspecified atom stereocenters. The van der Waals surface area contributed by atoms with Crippen molar-refractivity contribution in [1.82, 2.24) is 4.98 Å². The van der Waals surface area contributed by atoms with Crippen LogP contribution < -0.4 is 5.76 Å². The third kappa shape index (κ3) is 2.19. The van der Waals surface area contributed by atoms with E-state index in [1.54, 1.807) is 12.1 Å². The lowest BCUT2D eigenvalue weighted by Crippen LogP contribution is -1.92. The maximum absolute atomic E-state index is 10.6. The highest BCUT2D eigenvalue weighted by Crippen LogP contribution is 2.06. The van der Waals surface area contributed by atoms with Gasteiger partial charge in [0, 0.05) is 0 Å². The third-order valence-electron chi connectivity index (χ3n) is 1.33. The standard InChI is InChI=1S/C7H5NO2.CH2O2/c9-7-8-5-3-1-2-4-6(5)10-7;2-1-3/h1-4H,(H,8,9);1H,(H,2,3). The Bertz CT molecular complexity index is 406. The van der Waals surface area contributed by atoms with Gasteiger partial charge in [-0.1, -0.05) is 12.1 Å². The second-order valence-electron chi connectivity index (χ2n) is 2.12. The predicted molar refractivity (Wildman–Crippen MR) is 45.5 cm³/mol. The van der Waals surface area contributed by atoms with Gasteiger partial charge >= 0.3 is 5.76 Å². The minimum atomic E-state index is -0.402. The average Bonchev–Trinajstić information content (AvgIpc) is 2.45. The van der Waals surface area contributed by atoms with Crippen molar-refractivity contribution in [3.8, 4) is 0 Å². The molecule has 2 N–H and O–H groups in total. The molecule has 0 amide bonds. The molecule has 13 heavy (non-hydrogen) atoms. The molecule has 1 aromatic heterocycles. The molecule has 2 aromatic rings. The van der Waals surface area contributed by atoms with Crippen molar-refractivity contribution in [3.05, 3.63) is 34.8 Å². The Morgan fingerprint density at radius 3 is 2.62 bits per heavy atom. The van der Waals surface area contributed by atoms with E-state index in [0.717, 1.165) is 5.52 Å². The second-order valence-corrected chi connectivity index (χ2v) is 2.12. The van der Waals surface area contributed by atoms with Crippen LogP contribution in [0.3, 0.4) is 0 Å². The molecule has 5 nitrogen and oxygen atoms in total. The van der Waals surface area contributed by atoms with Crippen LogP contribution in [0.25, 0.3) is 11.1 Å². The summed E-state index contributed by atoms with van der Waals surface area (Å²) in [4.78, 5) is 21.5. The van der Waals surface area contributed by atoms with Gasteiger partial charge in [-0.25, -0.2) is 4.79 Å². The van der Waals surface area contributed by atoms with Gasteiger partial charge in [-0.05, 0) is 12.1 Å². The van der Waals surface area contributed by atoms with Gasteiger partial charge in [-0.2, -0.15) is 0 Å². The van der Waals surface area contributed by atoms with Gasteiger partial charge in [0.15, 0.2) is 5.58 Å². The van der Waals surface area contributed by atoms with Crippen molar-refractivity contribution >= 4 is 17.6 Å². The van der Waals surface area contributed by atoms with Crippen LogP contribution in [0.1, 0.15) is 0 Å². The number of para-hydroxylation sites is 2. The molecular weight excluding hydrogens is 174 g/mol. The molecule has 0 radical (unpaired) electrons. The number of oxazole rings is 1. The molecule has 0 bridgehead atoms. The fourth-order valence-corrected chi connectivity index (χ4v) is 0.894. The molecule has 1 heterocycles. The monoisotopic (exact) mass is 181 g/mol. The number of fused-ring (bicyclic) bond motifs is 1. The van der Waals surface area contributed by atoms with Crippen LogP contribution >= 0.6 is 0 Å². The first-order valence-electron chi connectivity index (χ1n) is 3.43. The largest absolute Gasteiger partial charge is 0.483 e. The summed E-state index contributed by atoms with van der Waals surface area (Å²) >= 11 is 0. The third-order valence-corrected chi connectivity index (χ3v) is 1.33. The average molecular weight is 181 g/mol. The topological polar surface area (TPSA) is 83.3 Å². The lowest BCUT2D eigenvalue weighted by atomic mass is 10.3. The van der Waals surface area contributed by atoms with Crippen molar-refractivity contribution in [2.24, 2.45) is 0 Å². The van der Waals surface area contributed by atoms with Crippen molar-refractivity contribution in [2.75, 3.05) is 0 Å². The summed E-state index contributed by atoms with van der Waals surface area (Å²) in [6, 6.07) is 7.19. The smallest absolute Gasteiger partial charge is 0.417 e. The van der Waals surface area contributed by atoms with Gasteiger partial charge in [-0.15, -0.1) is 0 Å². The Kier molecular flexibility index (Phi) is 2.86. The lowest BCUT2D eigenvalue weighted by Gasteiger charge is -1.79. The van der Waals surface area contributed by atoms with Gasteiger partial charge in [0.2, 0.25) is 0 Å². The second kappa shape index (κ2) is 4.10. The van der Waals surface area contributed by atoms with Crippen LogP contribution in [-0.2, 0) is 4.79 Å². The van der Waals surface area contributed by atoms with E-state index in [1.807, 2.05) is 12.1 Å². The maximum atomic E-state index is 10.6. The molecule has 68 valence electrons. The maximum Gasteiger partial charge on any atom is 0.417 e. The first-order chi connectivity index (χ1) is 6.27. The lowest BCUT2D eigenvalue weighted by molar-refractivity contribution is -0.122. The summed E-state index contributed by atoms with van der Waals surface area (Å²) in [5, 5.41) is 6.89. The van der Waals surface area contributed by atoms with Crippen molar-refractivity contribution < 1.29 is 14.3 Å². The highest BCUT2D eigenvalue weighted by Gasteiger charge is 1.95. The summed E-state index contributed by atoms with van der Waals surface area (Å²) in [5.41, 5.74) is 1.35. The minimum absolute atomic E-state index is 0.250. The summed E-state index contributed by atoms with van der Waals surface area (Å²) in [6.45, 7) is -0.250. The molecule has 0 aliphatic carbocycles. The number of benzene rings is 1. The molecular formula is C8H7NO4. The molecule has 0 fully saturated rings. The molecule has 0 spiro atoms. The number of carboxylic acid groups (broad SMARTS) is 1. The first kappa shape index (κ1) is 9.05. The summed E-state index contributed by atoms with van der Waals surface area (Å²) in [6.07, 6.45) is 0. The number of hydrogen-bond donors (Lipinski definition) is 2. The van der Waals surface area contributed by atoms with E-state index in [1.165, 1.54) is 0 Å². The van der Waals surface area contributed by atoms with Crippen LogP contribution in [0, 0.1) is 0 Å². The van der Waals surface area contributed by atoms with E-state index >= 15 is 0 Å². The number of aromatic nitrogens is 1. The SMILES string of the molecule is O=CO.O=c1[nH]c2ccccc2o1. The van der Waals surface area contributed by atoms with Gasteiger partial charge < -0.3 is 9.52 Å². The van der Waals surface area contributed by atoms with Crippen molar-refractivity contribution in [1.29, 1.82) is 0 Å². The van der Waals surface area contributed by atoms with Crippen LogP contribution in [0.15, 0.2) is 33.5 Å². The van der Waals surface area contributed by atoms with Gasteiger partial charge in [-0.3, -0.25) is 9.78 Å². The molecule has 1 aromatic carbocycles. The number of nitrogens with one attached hydrogen (secondary N) is 1. The first-order valence-corrected chi connectivity index (χ1v) is 3.43. The molecule has 0 aliphatic rings. The fourth-order valence-electron chi connectivity index (χ4n) is 0.894. The number of H-pyrrole nitrogens is 1. The zero-order valence-electron chi connectivity index (χ0n) is 6.56. The van der Waals surface area contributed by atoms with Gasteiger partial charge in [0.25, 0.3) is 6.47 Å². The zero-order valence-corrected chi connectivity index (χ0v) is 6.56. The number of rotatable bonds is 0. The Labute approximate surface area is 72.6 Å². The zero-order chi connectivity index (χ0) is 9.68. The van der Waals surface area contributed by atoms with Crippen molar-refractivity contribution in [3.63, 3.8) is 0 Å². The summed E-state index contributed by atoms with van der Waals surface area (Å²) in [5.74, 6) is -0.402. The van der Waals surface area contributed by atoms with Crippen LogP contribution in [0.5, 0.6) is 0 Å². The number of hydrogen-bond acceptors (Lipinski definition) is 3. The Morgan fingerprint density at radius 2 is 2.00 bits per heavy atom. The molecule has 0 saturated heterocycles. The van der Waals surface area contributed by atoms with E-state index in [2.05, 4.69) is 4.98 Å². The number of carbonyl (C=O) groups is 1. The van der Waals surface area contributed by atoms with Crippen LogP contribution in [-0.4, -0.2) is 16.6 Å². The molecule has 0 saturated carbocycles. The van der Waals surface area contributed by atoms with Gasteiger partial charge in [0.05, 0.1) is 5.52 Å². The van der Waals surface area contributed by atoms with E-state index in [0.29, 0.717) is 5.58 Å².